The molecule has 1 heterocycles. The van der Waals surface area contributed by atoms with E-state index in [1.54, 1.807) is 0 Å². The van der Waals surface area contributed by atoms with Crippen LogP contribution in [0, 0.1) is 6.92 Å². The van der Waals surface area contributed by atoms with Gasteiger partial charge in [-0.2, -0.15) is 0 Å². The number of carbonyl (C=O) groups excluding carboxylic acids is 2. The van der Waals surface area contributed by atoms with Crippen LogP contribution in [0.15, 0.2) is 30.5 Å². The molecule has 126 valence electrons. The quantitative estimate of drug-likeness (QED) is 0.605. The van der Waals surface area contributed by atoms with Gasteiger partial charge in [0, 0.05) is 5.69 Å². The van der Waals surface area contributed by atoms with Crippen LogP contribution in [0.1, 0.15) is 29.4 Å². The van der Waals surface area contributed by atoms with E-state index in [-0.39, 0.29) is 11.5 Å². The minimum Gasteiger partial charge on any atom is -0.368 e. The van der Waals surface area contributed by atoms with Gasteiger partial charge in [-0.25, -0.2) is 9.97 Å². The lowest BCUT2D eigenvalue weighted by Gasteiger charge is -2.15. The van der Waals surface area contributed by atoms with Crippen LogP contribution in [0.25, 0.3) is 0 Å². The SMILES string of the molecule is CC[C@@H](Nc1cnc(C(N)=O)c(Nc2ccc(C)cc2)n1)C(N)=O. The normalized spacial score (nSPS) is 11.6. The molecule has 0 radical (unpaired) electrons. The first-order valence-electron chi connectivity index (χ1n) is 7.47. The van der Waals surface area contributed by atoms with Gasteiger partial charge in [-0.15, -0.1) is 0 Å². The first-order chi connectivity index (χ1) is 11.4. The molecule has 0 saturated carbocycles. The van der Waals surface area contributed by atoms with Gasteiger partial charge >= 0.3 is 0 Å². The lowest BCUT2D eigenvalue weighted by Crippen LogP contribution is -2.35. The molecule has 6 N–H and O–H groups in total. The second-order valence-corrected chi connectivity index (χ2v) is 5.32. The Kier molecular flexibility index (Phi) is 5.31. The van der Waals surface area contributed by atoms with Crippen LogP contribution in [-0.2, 0) is 4.79 Å². The van der Waals surface area contributed by atoms with Crippen LogP contribution in [-0.4, -0.2) is 27.8 Å². The summed E-state index contributed by atoms with van der Waals surface area (Å²) in [6.07, 6.45) is 1.83. The first kappa shape index (κ1) is 17.2. The Bertz CT molecular complexity index is 745. The van der Waals surface area contributed by atoms with Crippen molar-refractivity contribution in [1.29, 1.82) is 0 Å². The third kappa shape index (κ3) is 4.19. The van der Waals surface area contributed by atoms with Crippen LogP contribution >= 0.6 is 0 Å². The van der Waals surface area contributed by atoms with Gasteiger partial charge in [-0.1, -0.05) is 24.6 Å². The standard InChI is InChI=1S/C16H20N6O2/c1-3-11(14(17)23)21-12-8-19-13(15(18)24)16(22-12)20-10-6-4-9(2)5-7-10/h4-8,11H,3H2,1-2H3,(H2,17,23)(H2,18,24)(H2,20,21,22)/t11-/m1/s1. The first-order valence-corrected chi connectivity index (χ1v) is 7.47. The second kappa shape index (κ2) is 7.40. The Hall–Kier alpha value is -3.16. The number of carbonyl (C=O) groups is 2. The fourth-order valence-electron chi connectivity index (χ4n) is 2.05. The molecule has 0 aliphatic heterocycles. The second-order valence-electron chi connectivity index (χ2n) is 5.32. The van der Waals surface area contributed by atoms with Crippen LogP contribution in [0.3, 0.4) is 0 Å². The third-order valence-corrected chi connectivity index (χ3v) is 3.39. The highest BCUT2D eigenvalue weighted by Gasteiger charge is 2.17. The fraction of sp³-hybridized carbons (Fsp3) is 0.250. The Morgan fingerprint density at radius 2 is 1.88 bits per heavy atom. The third-order valence-electron chi connectivity index (χ3n) is 3.39. The minimum atomic E-state index is -0.703. The number of nitrogens with two attached hydrogens (primary N) is 2. The molecule has 2 aromatic rings. The van der Waals surface area contributed by atoms with Crippen LogP contribution in [0.2, 0.25) is 0 Å². The number of nitrogens with zero attached hydrogens (tertiary/aromatic N) is 2. The van der Waals surface area contributed by atoms with E-state index in [1.807, 2.05) is 38.1 Å². The summed E-state index contributed by atoms with van der Waals surface area (Å²) in [5, 5.41) is 5.90. The number of aryl methyl sites for hydroxylation is 1. The van der Waals surface area contributed by atoms with Gasteiger partial charge in [0.15, 0.2) is 11.5 Å². The number of anilines is 3. The summed E-state index contributed by atoms with van der Waals surface area (Å²) in [6.45, 7) is 3.79. The monoisotopic (exact) mass is 328 g/mol. The average molecular weight is 328 g/mol. The van der Waals surface area contributed by atoms with Gasteiger partial charge in [0.2, 0.25) is 5.91 Å². The van der Waals surface area contributed by atoms with Gasteiger partial charge in [-0.3, -0.25) is 9.59 Å². The highest BCUT2D eigenvalue weighted by atomic mass is 16.1. The van der Waals surface area contributed by atoms with Crippen molar-refractivity contribution in [3.8, 4) is 0 Å². The number of primary amides is 2. The summed E-state index contributed by atoms with van der Waals surface area (Å²) >= 11 is 0. The van der Waals surface area contributed by atoms with E-state index in [2.05, 4.69) is 20.6 Å². The van der Waals surface area contributed by atoms with Crippen LogP contribution < -0.4 is 22.1 Å². The largest absolute Gasteiger partial charge is 0.368 e. The van der Waals surface area contributed by atoms with Gasteiger partial charge in [0.1, 0.15) is 11.9 Å². The lowest BCUT2D eigenvalue weighted by atomic mass is 10.2. The summed E-state index contributed by atoms with van der Waals surface area (Å²) < 4.78 is 0. The lowest BCUT2D eigenvalue weighted by molar-refractivity contribution is -0.118. The molecule has 0 aliphatic carbocycles. The number of amides is 2. The highest BCUT2D eigenvalue weighted by molar-refractivity contribution is 5.96. The molecule has 1 aromatic carbocycles. The number of aromatic nitrogens is 2. The number of hydrogen-bond donors (Lipinski definition) is 4. The molecule has 8 heteroatoms. The van der Waals surface area contributed by atoms with E-state index in [9.17, 15) is 9.59 Å². The van der Waals surface area contributed by atoms with Crippen molar-refractivity contribution in [3.63, 3.8) is 0 Å². The molecule has 8 nitrogen and oxygen atoms in total. The van der Waals surface area contributed by atoms with E-state index in [0.29, 0.717) is 12.2 Å². The van der Waals surface area contributed by atoms with Gasteiger partial charge in [-0.05, 0) is 25.5 Å². The number of benzene rings is 1. The van der Waals surface area contributed by atoms with Crippen LogP contribution in [0.4, 0.5) is 17.3 Å². The molecule has 0 unspecified atom stereocenters. The Morgan fingerprint density at radius 1 is 1.21 bits per heavy atom. The number of rotatable bonds is 7. The van der Waals surface area contributed by atoms with Crippen molar-refractivity contribution < 1.29 is 9.59 Å². The number of nitrogens with one attached hydrogen (secondary N) is 2. The molecule has 0 aliphatic rings. The molecule has 1 atom stereocenters. The average Bonchev–Trinajstić information content (AvgIpc) is 2.54. The van der Waals surface area contributed by atoms with E-state index in [4.69, 9.17) is 11.5 Å². The predicted octanol–water partition coefficient (Wildman–Crippen LogP) is 1.30. The zero-order valence-corrected chi connectivity index (χ0v) is 13.5. The van der Waals surface area contributed by atoms with Gasteiger partial charge in [0.25, 0.3) is 5.91 Å². The Balaban J connectivity index is 2.32. The summed E-state index contributed by atoms with van der Waals surface area (Å²) in [6, 6.07) is 6.95. The smallest absolute Gasteiger partial charge is 0.271 e. The maximum absolute atomic E-state index is 11.5. The summed E-state index contributed by atoms with van der Waals surface area (Å²) in [7, 11) is 0. The highest BCUT2D eigenvalue weighted by Crippen LogP contribution is 2.20. The van der Waals surface area contributed by atoms with E-state index >= 15 is 0 Å². The van der Waals surface area contributed by atoms with Crippen molar-refractivity contribution in [2.75, 3.05) is 10.6 Å². The van der Waals surface area contributed by atoms with Crippen molar-refractivity contribution in [3.05, 3.63) is 41.7 Å². The molecule has 2 amide bonds. The van der Waals surface area contributed by atoms with E-state index in [1.165, 1.54) is 6.20 Å². The fourth-order valence-corrected chi connectivity index (χ4v) is 2.05. The van der Waals surface area contributed by atoms with Crippen molar-refractivity contribution in [2.24, 2.45) is 11.5 Å². The van der Waals surface area contributed by atoms with Crippen molar-refractivity contribution >= 4 is 29.1 Å². The summed E-state index contributed by atoms with van der Waals surface area (Å²) in [5.41, 5.74) is 12.5. The van der Waals surface area contributed by atoms with Crippen molar-refractivity contribution in [2.45, 2.75) is 26.3 Å². The molecule has 0 fully saturated rings. The Morgan fingerprint density at radius 3 is 2.42 bits per heavy atom. The topological polar surface area (TPSA) is 136 Å². The van der Waals surface area contributed by atoms with E-state index in [0.717, 1.165) is 11.3 Å². The molecular weight excluding hydrogens is 308 g/mol. The summed E-state index contributed by atoms with van der Waals surface area (Å²) in [5.74, 6) is -0.673. The van der Waals surface area contributed by atoms with E-state index < -0.39 is 17.9 Å². The zero-order chi connectivity index (χ0) is 17.7. The minimum absolute atomic E-state index is 0.00764. The molecule has 1 aromatic heterocycles. The molecule has 0 bridgehead atoms. The molecule has 0 spiro atoms. The van der Waals surface area contributed by atoms with Gasteiger partial charge in [0.05, 0.1) is 6.20 Å². The van der Waals surface area contributed by atoms with Crippen LogP contribution in [0.5, 0.6) is 0 Å². The Labute approximate surface area is 139 Å². The molecule has 0 saturated heterocycles. The maximum atomic E-state index is 11.5. The summed E-state index contributed by atoms with van der Waals surface area (Å²) in [4.78, 5) is 31.2. The predicted molar refractivity (Wildman–Crippen MR) is 91.9 cm³/mol. The maximum Gasteiger partial charge on any atom is 0.271 e. The molecule has 2 rings (SSSR count). The van der Waals surface area contributed by atoms with Gasteiger partial charge < -0.3 is 22.1 Å². The zero-order valence-electron chi connectivity index (χ0n) is 13.5. The van der Waals surface area contributed by atoms with Crippen molar-refractivity contribution in [1.82, 2.24) is 9.97 Å². The molecular formula is C16H20N6O2. The number of hydrogen-bond acceptors (Lipinski definition) is 6. The molecule has 24 heavy (non-hydrogen) atoms.